The van der Waals surface area contributed by atoms with Gasteiger partial charge in [-0.15, -0.1) is 0 Å². The molecule has 2 heterocycles. The predicted octanol–water partition coefficient (Wildman–Crippen LogP) is 4.76. The Bertz CT molecular complexity index is 1180. The van der Waals surface area contributed by atoms with E-state index in [-0.39, 0.29) is 11.6 Å². The highest BCUT2D eigenvalue weighted by atomic mass is 32.2. The fourth-order valence-electron chi connectivity index (χ4n) is 2.77. The van der Waals surface area contributed by atoms with Gasteiger partial charge < -0.3 is 14.5 Å². The number of nitro benzene ring substituents is 1. The third-order valence-electron chi connectivity index (χ3n) is 4.22. The van der Waals surface area contributed by atoms with Crippen LogP contribution in [0.25, 0.3) is 17.4 Å². The molecular formula is C21H15N3O5S. The number of thioether (sulfide) groups is 1. The van der Waals surface area contributed by atoms with Crippen molar-refractivity contribution >= 4 is 40.3 Å². The van der Waals surface area contributed by atoms with Crippen molar-refractivity contribution in [2.45, 2.75) is 0 Å². The number of furan rings is 1. The van der Waals surface area contributed by atoms with Crippen LogP contribution in [0.5, 0.6) is 5.75 Å². The molecule has 8 nitrogen and oxygen atoms in total. The third kappa shape index (κ3) is 4.11. The number of methoxy groups -OCH3 is 1. The second-order valence-corrected chi connectivity index (χ2v) is 7.19. The maximum Gasteiger partial charge on any atom is 0.269 e. The van der Waals surface area contributed by atoms with Crippen LogP contribution in [0.4, 0.5) is 11.4 Å². The number of benzene rings is 2. The van der Waals surface area contributed by atoms with E-state index in [1.54, 1.807) is 49.6 Å². The van der Waals surface area contributed by atoms with Crippen molar-refractivity contribution < 1.29 is 18.9 Å². The van der Waals surface area contributed by atoms with Gasteiger partial charge >= 0.3 is 0 Å². The molecule has 4 rings (SSSR count). The highest BCUT2D eigenvalue weighted by Crippen LogP contribution is 2.33. The molecule has 0 atom stereocenters. The monoisotopic (exact) mass is 421 g/mol. The molecule has 1 fully saturated rings. The van der Waals surface area contributed by atoms with Crippen LogP contribution in [-0.2, 0) is 4.79 Å². The fraction of sp³-hybridized carbons (Fsp3) is 0.0476. The van der Waals surface area contributed by atoms with E-state index in [9.17, 15) is 14.9 Å². The van der Waals surface area contributed by atoms with Gasteiger partial charge in [-0.2, -0.15) is 0 Å². The Morgan fingerprint density at radius 1 is 1.13 bits per heavy atom. The zero-order valence-corrected chi connectivity index (χ0v) is 16.5. The van der Waals surface area contributed by atoms with Crippen molar-refractivity contribution in [3.8, 4) is 17.1 Å². The highest BCUT2D eigenvalue weighted by molar-refractivity contribution is 8.18. The number of carbonyl (C=O) groups is 1. The summed E-state index contributed by atoms with van der Waals surface area (Å²) in [5, 5.41) is 13.9. The quantitative estimate of drug-likeness (QED) is 0.362. The van der Waals surface area contributed by atoms with Crippen LogP contribution in [-0.4, -0.2) is 23.1 Å². The second kappa shape index (κ2) is 8.26. The van der Waals surface area contributed by atoms with Crippen molar-refractivity contribution in [3.63, 3.8) is 0 Å². The molecule has 0 bridgehead atoms. The summed E-state index contributed by atoms with van der Waals surface area (Å²) in [6.07, 6.45) is 1.62. The topological polar surface area (TPSA) is 107 Å². The third-order valence-corrected chi connectivity index (χ3v) is 5.13. The number of aliphatic imine (C=N–C) groups is 1. The van der Waals surface area contributed by atoms with Gasteiger partial charge in [0.1, 0.15) is 23.0 Å². The average Bonchev–Trinajstić information content (AvgIpc) is 3.35. The number of nitrogens with zero attached hydrogens (tertiary/aromatic N) is 2. The molecule has 0 unspecified atom stereocenters. The van der Waals surface area contributed by atoms with Gasteiger partial charge in [-0.05, 0) is 48.2 Å². The van der Waals surface area contributed by atoms with Crippen molar-refractivity contribution in [2.75, 3.05) is 7.11 Å². The number of para-hydroxylation sites is 2. The van der Waals surface area contributed by atoms with Crippen LogP contribution in [0.1, 0.15) is 5.76 Å². The summed E-state index contributed by atoms with van der Waals surface area (Å²) in [6, 6.07) is 16.8. The molecule has 9 heteroatoms. The van der Waals surface area contributed by atoms with Crippen LogP contribution in [0.3, 0.4) is 0 Å². The van der Waals surface area contributed by atoms with Crippen LogP contribution in [0, 0.1) is 10.1 Å². The predicted molar refractivity (Wildman–Crippen MR) is 115 cm³/mol. The molecule has 3 aromatic rings. The van der Waals surface area contributed by atoms with E-state index >= 15 is 0 Å². The Hall–Kier alpha value is -3.85. The van der Waals surface area contributed by atoms with Crippen molar-refractivity contribution in [2.24, 2.45) is 4.99 Å². The first-order chi connectivity index (χ1) is 14.5. The number of hydrogen-bond acceptors (Lipinski definition) is 7. The lowest BCUT2D eigenvalue weighted by molar-refractivity contribution is -0.384. The summed E-state index contributed by atoms with van der Waals surface area (Å²) in [5.74, 6) is 1.36. The molecule has 1 amide bonds. The summed E-state index contributed by atoms with van der Waals surface area (Å²) in [4.78, 5) is 27.5. The number of hydrogen-bond donors (Lipinski definition) is 1. The van der Waals surface area contributed by atoms with Gasteiger partial charge in [0.2, 0.25) is 0 Å². The van der Waals surface area contributed by atoms with Crippen molar-refractivity contribution in [3.05, 3.63) is 81.4 Å². The average molecular weight is 421 g/mol. The van der Waals surface area contributed by atoms with Gasteiger partial charge in [0.05, 0.1) is 16.9 Å². The molecular weight excluding hydrogens is 406 g/mol. The molecule has 0 saturated carbocycles. The number of rotatable bonds is 5. The minimum absolute atomic E-state index is 0.00791. The number of amides is 1. The van der Waals surface area contributed by atoms with Gasteiger partial charge in [-0.1, -0.05) is 12.1 Å². The van der Waals surface area contributed by atoms with E-state index < -0.39 is 4.92 Å². The Labute approximate surface area is 175 Å². The van der Waals surface area contributed by atoms with E-state index in [1.165, 1.54) is 23.9 Å². The lowest BCUT2D eigenvalue weighted by atomic mass is 10.1. The van der Waals surface area contributed by atoms with E-state index in [0.29, 0.717) is 38.6 Å². The zero-order chi connectivity index (χ0) is 21.1. The molecule has 2 aromatic carbocycles. The van der Waals surface area contributed by atoms with Crippen LogP contribution < -0.4 is 10.1 Å². The van der Waals surface area contributed by atoms with E-state index in [0.717, 1.165) is 0 Å². The Balaban J connectivity index is 1.53. The number of non-ortho nitro benzene ring substituents is 1. The minimum Gasteiger partial charge on any atom is -0.494 e. The maximum absolute atomic E-state index is 12.3. The van der Waals surface area contributed by atoms with Gasteiger partial charge in [-0.3, -0.25) is 14.9 Å². The summed E-state index contributed by atoms with van der Waals surface area (Å²) in [7, 11) is 1.56. The molecule has 0 radical (unpaired) electrons. The number of nitro groups is 1. The first-order valence-corrected chi connectivity index (χ1v) is 9.62. The smallest absolute Gasteiger partial charge is 0.269 e. The van der Waals surface area contributed by atoms with Gasteiger partial charge in [0.25, 0.3) is 11.6 Å². The van der Waals surface area contributed by atoms with Crippen molar-refractivity contribution in [1.82, 2.24) is 5.32 Å². The van der Waals surface area contributed by atoms with E-state index in [2.05, 4.69) is 10.3 Å². The van der Waals surface area contributed by atoms with Crippen LogP contribution in [0.15, 0.2) is 75.0 Å². The molecule has 150 valence electrons. The summed E-state index contributed by atoms with van der Waals surface area (Å²) in [5.41, 5.74) is 1.32. The van der Waals surface area contributed by atoms with Crippen molar-refractivity contribution in [1.29, 1.82) is 0 Å². The SMILES string of the molecule is COc1ccccc1N=C1NC(=O)C(=Cc2ccc(-c3ccc([N+](=O)[O-])cc3)o2)S1. The summed E-state index contributed by atoms with van der Waals surface area (Å²) >= 11 is 1.20. The maximum atomic E-state index is 12.3. The van der Waals surface area contributed by atoms with Gasteiger partial charge in [0.15, 0.2) is 5.17 Å². The molecule has 1 saturated heterocycles. The second-order valence-electron chi connectivity index (χ2n) is 6.16. The lowest BCUT2D eigenvalue weighted by Crippen LogP contribution is -2.19. The molecule has 1 N–H and O–H groups in total. The largest absolute Gasteiger partial charge is 0.494 e. The Kier molecular flexibility index (Phi) is 5.36. The Morgan fingerprint density at radius 2 is 1.90 bits per heavy atom. The molecule has 1 aliphatic heterocycles. The molecule has 1 aliphatic rings. The number of nitrogens with one attached hydrogen (secondary N) is 1. The minimum atomic E-state index is -0.456. The molecule has 0 spiro atoms. The summed E-state index contributed by atoms with van der Waals surface area (Å²) < 4.78 is 11.0. The lowest BCUT2D eigenvalue weighted by Gasteiger charge is -2.03. The van der Waals surface area contributed by atoms with E-state index in [4.69, 9.17) is 9.15 Å². The van der Waals surface area contributed by atoms with Crippen LogP contribution in [0.2, 0.25) is 0 Å². The normalized spacial score (nSPS) is 16.1. The van der Waals surface area contributed by atoms with E-state index in [1.807, 2.05) is 12.1 Å². The number of amidine groups is 1. The highest BCUT2D eigenvalue weighted by Gasteiger charge is 2.24. The Morgan fingerprint density at radius 3 is 2.63 bits per heavy atom. The number of carbonyl (C=O) groups excluding carboxylic acids is 1. The molecule has 30 heavy (non-hydrogen) atoms. The first kappa shape index (κ1) is 19.5. The first-order valence-electron chi connectivity index (χ1n) is 8.81. The molecule has 0 aliphatic carbocycles. The van der Waals surface area contributed by atoms with Gasteiger partial charge in [0, 0.05) is 23.8 Å². The number of ether oxygens (including phenoxy) is 1. The molecule has 1 aromatic heterocycles. The van der Waals surface area contributed by atoms with Crippen LogP contribution >= 0.6 is 11.8 Å². The zero-order valence-electron chi connectivity index (χ0n) is 15.7. The summed E-state index contributed by atoms with van der Waals surface area (Å²) in [6.45, 7) is 0. The fourth-order valence-corrected chi connectivity index (χ4v) is 3.59. The van der Waals surface area contributed by atoms with Gasteiger partial charge in [-0.25, -0.2) is 4.99 Å². The standard InChI is InChI=1S/C21H15N3O5S/c1-28-18-5-3-2-4-16(18)22-21-23-20(25)19(30-21)12-15-10-11-17(29-15)13-6-8-14(9-7-13)24(26)27/h2-12H,1H3,(H,22,23,25).